The molecule has 0 radical (unpaired) electrons. The number of hydrogen-bond donors (Lipinski definition) is 0. The molecule has 0 saturated heterocycles. The van der Waals surface area contributed by atoms with E-state index in [0.717, 1.165) is 0 Å². The van der Waals surface area contributed by atoms with E-state index >= 15 is 0 Å². The van der Waals surface area contributed by atoms with Crippen LogP contribution in [0.15, 0.2) is 72.9 Å². The first-order valence-electron chi connectivity index (χ1n) is 7.37. The van der Waals surface area contributed by atoms with Crippen molar-refractivity contribution >= 4 is 11.8 Å². The van der Waals surface area contributed by atoms with Crippen molar-refractivity contribution in [2.24, 2.45) is 0 Å². The van der Waals surface area contributed by atoms with Crippen molar-refractivity contribution in [1.29, 1.82) is 0 Å². The maximum Gasteiger partial charge on any atom is 0.202 e. The minimum absolute atomic E-state index is 0.262. The zero-order valence-electron chi connectivity index (χ0n) is 12.5. The SMILES string of the molecule is C/C=[N+]1\C=CC(c2ccc(C)cc2)=CC1c1ccccc1. The molecule has 3 rings (SSSR count). The van der Waals surface area contributed by atoms with Gasteiger partial charge >= 0.3 is 0 Å². The number of hydrogen-bond acceptors (Lipinski definition) is 0. The highest BCUT2D eigenvalue weighted by atomic mass is 15.0. The molecule has 0 spiro atoms. The number of allylic oxidation sites excluding steroid dienone is 2. The van der Waals surface area contributed by atoms with E-state index in [9.17, 15) is 0 Å². The molecule has 1 unspecified atom stereocenters. The number of aryl methyl sites for hydroxylation is 1. The van der Waals surface area contributed by atoms with Crippen molar-refractivity contribution in [3.8, 4) is 0 Å². The molecule has 1 aliphatic rings. The zero-order chi connectivity index (χ0) is 14.7. The van der Waals surface area contributed by atoms with Gasteiger partial charge in [0.15, 0.2) is 6.20 Å². The summed E-state index contributed by atoms with van der Waals surface area (Å²) in [5.74, 6) is 0. The minimum Gasteiger partial charge on any atom is -0.198 e. The highest BCUT2D eigenvalue weighted by Crippen LogP contribution is 2.29. The number of benzene rings is 2. The van der Waals surface area contributed by atoms with E-state index in [0.29, 0.717) is 0 Å². The molecule has 0 amide bonds. The molecule has 1 aliphatic heterocycles. The summed E-state index contributed by atoms with van der Waals surface area (Å²) in [6.07, 6.45) is 8.80. The fraction of sp³-hybridized carbons (Fsp3) is 0.150. The molecule has 0 aromatic heterocycles. The van der Waals surface area contributed by atoms with Gasteiger partial charge in [-0.1, -0.05) is 60.2 Å². The summed E-state index contributed by atoms with van der Waals surface area (Å²) >= 11 is 0. The predicted molar refractivity (Wildman–Crippen MR) is 89.5 cm³/mol. The summed E-state index contributed by atoms with van der Waals surface area (Å²) in [6, 6.07) is 19.6. The van der Waals surface area contributed by atoms with Crippen LogP contribution in [-0.2, 0) is 0 Å². The van der Waals surface area contributed by atoms with Gasteiger partial charge in [-0.05, 0) is 24.1 Å². The van der Waals surface area contributed by atoms with Gasteiger partial charge in [0.05, 0.1) is 0 Å². The third kappa shape index (κ3) is 2.87. The minimum atomic E-state index is 0.262. The first-order valence-corrected chi connectivity index (χ1v) is 7.37. The molecule has 2 aromatic rings. The van der Waals surface area contributed by atoms with E-state index in [-0.39, 0.29) is 6.04 Å². The van der Waals surface area contributed by atoms with E-state index in [1.165, 1.54) is 22.3 Å². The van der Waals surface area contributed by atoms with E-state index < -0.39 is 0 Å². The summed E-state index contributed by atoms with van der Waals surface area (Å²) in [5, 5.41) is 0. The monoisotopic (exact) mass is 274 g/mol. The highest BCUT2D eigenvalue weighted by molar-refractivity contribution is 5.75. The first kappa shape index (κ1) is 13.6. The van der Waals surface area contributed by atoms with Gasteiger partial charge in [0, 0.05) is 18.6 Å². The van der Waals surface area contributed by atoms with Crippen molar-refractivity contribution in [2.45, 2.75) is 19.9 Å². The Labute approximate surface area is 126 Å². The van der Waals surface area contributed by atoms with Gasteiger partial charge in [0.2, 0.25) is 6.04 Å². The maximum atomic E-state index is 2.33. The Morgan fingerprint density at radius 1 is 0.952 bits per heavy atom. The molecular formula is C20H20N+. The van der Waals surface area contributed by atoms with Crippen LogP contribution in [-0.4, -0.2) is 10.8 Å². The van der Waals surface area contributed by atoms with Crippen LogP contribution in [0.1, 0.15) is 29.7 Å². The molecule has 1 nitrogen and oxygen atoms in total. The third-order valence-corrected chi connectivity index (χ3v) is 3.91. The van der Waals surface area contributed by atoms with E-state index in [1.54, 1.807) is 0 Å². The highest BCUT2D eigenvalue weighted by Gasteiger charge is 2.22. The van der Waals surface area contributed by atoms with Gasteiger partial charge < -0.3 is 0 Å². The summed E-state index contributed by atoms with van der Waals surface area (Å²) < 4.78 is 2.24. The molecule has 0 saturated carbocycles. The topological polar surface area (TPSA) is 3.01 Å². The van der Waals surface area contributed by atoms with Crippen LogP contribution < -0.4 is 0 Å². The fourth-order valence-corrected chi connectivity index (χ4v) is 2.67. The van der Waals surface area contributed by atoms with Crippen LogP contribution in [0.3, 0.4) is 0 Å². The van der Waals surface area contributed by atoms with Crippen molar-refractivity contribution < 1.29 is 4.58 Å². The molecule has 0 bridgehead atoms. The van der Waals surface area contributed by atoms with E-state index in [1.807, 2.05) is 0 Å². The zero-order valence-corrected chi connectivity index (χ0v) is 12.5. The quantitative estimate of drug-likeness (QED) is 0.695. The van der Waals surface area contributed by atoms with Crippen LogP contribution in [0.5, 0.6) is 0 Å². The summed E-state index contributed by atoms with van der Waals surface area (Å²) in [7, 11) is 0. The standard InChI is InChI=1S/C20H20N/c1-3-21-14-13-19(17-11-9-16(2)10-12-17)15-20(21)18-7-5-4-6-8-18/h3-15,20H,1-2H3/q+1/b21-3+. The smallest absolute Gasteiger partial charge is 0.198 e. The lowest BCUT2D eigenvalue weighted by Crippen LogP contribution is -2.15. The maximum absolute atomic E-state index is 2.33. The Kier molecular flexibility index (Phi) is 3.83. The Morgan fingerprint density at radius 3 is 2.33 bits per heavy atom. The molecule has 1 heterocycles. The van der Waals surface area contributed by atoms with Crippen LogP contribution >= 0.6 is 0 Å². The Hall–Kier alpha value is -2.41. The third-order valence-electron chi connectivity index (χ3n) is 3.91. The molecule has 0 fully saturated rings. The van der Waals surface area contributed by atoms with Crippen LogP contribution in [0, 0.1) is 6.92 Å². The Morgan fingerprint density at radius 2 is 1.67 bits per heavy atom. The van der Waals surface area contributed by atoms with Gasteiger partial charge in [-0.25, -0.2) is 0 Å². The fourth-order valence-electron chi connectivity index (χ4n) is 2.67. The molecule has 104 valence electrons. The van der Waals surface area contributed by atoms with Crippen LogP contribution in [0.25, 0.3) is 5.57 Å². The predicted octanol–water partition coefficient (Wildman–Crippen LogP) is 4.75. The van der Waals surface area contributed by atoms with Crippen molar-refractivity contribution in [1.82, 2.24) is 0 Å². The van der Waals surface area contributed by atoms with Gasteiger partial charge in [-0.3, -0.25) is 0 Å². The average molecular weight is 274 g/mol. The summed E-state index contributed by atoms with van der Waals surface area (Å²) in [5.41, 5.74) is 5.15. The lowest BCUT2D eigenvalue weighted by Gasteiger charge is -2.16. The Bertz CT molecular complexity index is 703. The molecule has 2 aromatic carbocycles. The van der Waals surface area contributed by atoms with Crippen LogP contribution in [0.2, 0.25) is 0 Å². The average Bonchev–Trinajstić information content (AvgIpc) is 2.56. The van der Waals surface area contributed by atoms with Crippen molar-refractivity contribution in [2.75, 3.05) is 0 Å². The molecular weight excluding hydrogens is 254 g/mol. The lowest BCUT2D eigenvalue weighted by atomic mass is 9.96. The van der Waals surface area contributed by atoms with Gasteiger partial charge in [-0.15, -0.1) is 0 Å². The van der Waals surface area contributed by atoms with Gasteiger partial charge in [0.25, 0.3) is 0 Å². The summed E-state index contributed by atoms with van der Waals surface area (Å²) in [4.78, 5) is 0. The second-order valence-electron chi connectivity index (χ2n) is 5.36. The Balaban J connectivity index is 2.01. The van der Waals surface area contributed by atoms with E-state index in [4.69, 9.17) is 0 Å². The van der Waals surface area contributed by atoms with Crippen molar-refractivity contribution in [3.05, 3.63) is 89.6 Å². The second kappa shape index (κ2) is 5.92. The van der Waals surface area contributed by atoms with E-state index in [2.05, 4.69) is 97.6 Å². The van der Waals surface area contributed by atoms with Crippen molar-refractivity contribution in [3.63, 3.8) is 0 Å². The number of rotatable bonds is 2. The van der Waals surface area contributed by atoms with Crippen LogP contribution in [0.4, 0.5) is 0 Å². The molecule has 1 atom stereocenters. The largest absolute Gasteiger partial charge is 0.202 e. The molecule has 21 heavy (non-hydrogen) atoms. The normalized spacial score (nSPS) is 19.6. The first-order chi connectivity index (χ1) is 10.3. The molecule has 0 N–H and O–H groups in total. The lowest BCUT2D eigenvalue weighted by molar-refractivity contribution is -0.490. The molecule has 1 heteroatoms. The van der Waals surface area contributed by atoms with Gasteiger partial charge in [0.1, 0.15) is 6.21 Å². The summed E-state index contributed by atoms with van der Waals surface area (Å²) in [6.45, 7) is 4.19. The second-order valence-corrected chi connectivity index (χ2v) is 5.36. The number of nitrogens with zero attached hydrogens (tertiary/aromatic N) is 1. The van der Waals surface area contributed by atoms with Gasteiger partial charge in [-0.2, -0.15) is 4.58 Å². The molecule has 0 aliphatic carbocycles.